The van der Waals surface area contributed by atoms with Crippen LogP contribution in [0.4, 0.5) is 0 Å². The van der Waals surface area contributed by atoms with Gasteiger partial charge < -0.3 is 26.3 Å². The van der Waals surface area contributed by atoms with Gasteiger partial charge in [-0.05, 0) is 61.2 Å². The van der Waals surface area contributed by atoms with Gasteiger partial charge in [-0.2, -0.15) is 0 Å². The number of allylic oxidation sites excluding steroid dienone is 3. The molecular formula is C32H42N4O3. The second-order valence-electron chi connectivity index (χ2n) is 9.17. The molecule has 2 aromatic rings. The first kappa shape index (κ1) is 31.0. The molecular weight excluding hydrogens is 488 g/mol. The number of rotatable bonds is 18. The molecule has 1 atom stereocenters. The van der Waals surface area contributed by atoms with Gasteiger partial charge in [0.1, 0.15) is 24.1 Å². The van der Waals surface area contributed by atoms with Crippen molar-refractivity contribution in [3.05, 3.63) is 84.0 Å². The summed E-state index contributed by atoms with van der Waals surface area (Å²) in [6.45, 7) is 3.71. The number of benzene rings is 2. The number of aliphatic imine (C=N–C) groups is 1. The van der Waals surface area contributed by atoms with Crippen LogP contribution in [0.1, 0.15) is 57.4 Å². The first-order valence-electron chi connectivity index (χ1n) is 13.6. The highest BCUT2D eigenvalue weighted by atomic mass is 16.5. The van der Waals surface area contributed by atoms with Crippen LogP contribution in [0.2, 0.25) is 0 Å². The maximum Gasteiger partial charge on any atom is 0.245 e. The van der Waals surface area contributed by atoms with E-state index < -0.39 is 6.04 Å². The summed E-state index contributed by atoms with van der Waals surface area (Å²) in [5, 5.41) is 2.94. The number of carbonyl (C=O) groups is 1. The highest BCUT2D eigenvalue weighted by molar-refractivity contribution is 5.86. The highest BCUT2D eigenvalue weighted by Gasteiger charge is 2.18. The van der Waals surface area contributed by atoms with Crippen molar-refractivity contribution in [1.82, 2.24) is 5.32 Å². The van der Waals surface area contributed by atoms with E-state index in [-0.39, 0.29) is 11.9 Å². The number of nitrogens with one attached hydrogen (secondary N) is 1. The third-order valence-electron chi connectivity index (χ3n) is 5.90. The van der Waals surface area contributed by atoms with E-state index in [1.165, 1.54) is 0 Å². The number of terminal acetylenes is 1. The van der Waals surface area contributed by atoms with Crippen LogP contribution in [0.25, 0.3) is 0 Å². The molecule has 7 nitrogen and oxygen atoms in total. The number of nitrogens with zero attached hydrogens (tertiary/aromatic N) is 1. The molecule has 0 bridgehead atoms. The van der Waals surface area contributed by atoms with Gasteiger partial charge >= 0.3 is 0 Å². The Morgan fingerprint density at radius 1 is 0.974 bits per heavy atom. The third-order valence-corrected chi connectivity index (χ3v) is 5.90. The maximum atomic E-state index is 12.6. The van der Waals surface area contributed by atoms with E-state index in [2.05, 4.69) is 16.2 Å². The summed E-state index contributed by atoms with van der Waals surface area (Å²) in [6, 6.07) is 17.2. The van der Waals surface area contributed by atoms with Crippen LogP contribution >= 0.6 is 0 Å². The minimum Gasteiger partial charge on any atom is -0.494 e. The molecule has 39 heavy (non-hydrogen) atoms. The zero-order valence-corrected chi connectivity index (χ0v) is 23.0. The second kappa shape index (κ2) is 19.0. The van der Waals surface area contributed by atoms with Crippen LogP contribution in [0.15, 0.2) is 83.4 Å². The first-order chi connectivity index (χ1) is 19.0. The van der Waals surface area contributed by atoms with E-state index in [0.717, 1.165) is 61.2 Å². The topological polar surface area (TPSA) is 112 Å². The summed E-state index contributed by atoms with van der Waals surface area (Å²) in [5.74, 6) is 3.84. The molecule has 0 aliphatic carbocycles. The van der Waals surface area contributed by atoms with Gasteiger partial charge in [-0.15, -0.1) is 6.42 Å². The fourth-order valence-corrected chi connectivity index (χ4v) is 3.92. The molecule has 0 aliphatic rings. The summed E-state index contributed by atoms with van der Waals surface area (Å²) in [7, 11) is 0. The lowest BCUT2D eigenvalue weighted by Gasteiger charge is -2.14. The fraction of sp³-hybridized carbons (Fsp3) is 0.375. The van der Waals surface area contributed by atoms with Crippen molar-refractivity contribution in [2.75, 3.05) is 13.2 Å². The summed E-state index contributed by atoms with van der Waals surface area (Å²) in [4.78, 5) is 16.7. The first-order valence-corrected chi connectivity index (χ1v) is 13.6. The van der Waals surface area contributed by atoms with Crippen LogP contribution in [-0.2, 0) is 11.4 Å². The molecule has 0 saturated carbocycles. The second-order valence-corrected chi connectivity index (χ2v) is 9.17. The van der Waals surface area contributed by atoms with Gasteiger partial charge in [0, 0.05) is 13.0 Å². The third kappa shape index (κ3) is 13.8. The molecule has 0 spiro atoms. The quantitative estimate of drug-likeness (QED) is 0.0799. The predicted octanol–water partition coefficient (Wildman–Crippen LogP) is 5.27. The molecule has 0 heterocycles. The van der Waals surface area contributed by atoms with Crippen molar-refractivity contribution >= 4 is 11.9 Å². The Kier molecular flexibility index (Phi) is 15.1. The molecule has 0 saturated heterocycles. The smallest absolute Gasteiger partial charge is 0.245 e. The number of hydrogen-bond acceptors (Lipinski definition) is 4. The molecule has 1 unspecified atom stereocenters. The molecule has 2 rings (SSSR count). The number of guanidine groups is 1. The van der Waals surface area contributed by atoms with Crippen LogP contribution in [0.5, 0.6) is 11.5 Å². The van der Waals surface area contributed by atoms with Gasteiger partial charge in [0.2, 0.25) is 5.91 Å². The summed E-state index contributed by atoms with van der Waals surface area (Å²) in [6.07, 6.45) is 17.3. The van der Waals surface area contributed by atoms with Crippen LogP contribution in [0, 0.1) is 12.3 Å². The van der Waals surface area contributed by atoms with E-state index in [1.807, 2.05) is 73.7 Å². The molecule has 0 aliphatic heterocycles. The predicted molar refractivity (Wildman–Crippen MR) is 159 cm³/mol. The van der Waals surface area contributed by atoms with Gasteiger partial charge in [-0.3, -0.25) is 4.79 Å². The lowest BCUT2D eigenvalue weighted by atomic mass is 10.0. The molecule has 208 valence electrons. The van der Waals surface area contributed by atoms with Gasteiger partial charge in [-0.1, -0.05) is 74.1 Å². The van der Waals surface area contributed by atoms with E-state index in [0.29, 0.717) is 26.2 Å². The van der Waals surface area contributed by atoms with Gasteiger partial charge in [-0.25, -0.2) is 4.99 Å². The number of hydrogen-bond donors (Lipinski definition) is 3. The summed E-state index contributed by atoms with van der Waals surface area (Å²) in [5.41, 5.74) is 13.0. The Morgan fingerprint density at radius 2 is 1.62 bits per heavy atom. The van der Waals surface area contributed by atoms with Crippen LogP contribution in [-0.4, -0.2) is 31.1 Å². The Morgan fingerprint density at radius 3 is 2.26 bits per heavy atom. The van der Waals surface area contributed by atoms with Gasteiger partial charge in [0.05, 0.1) is 6.61 Å². The normalized spacial score (nSPS) is 11.9. The zero-order valence-electron chi connectivity index (χ0n) is 23.0. The number of nitrogens with two attached hydrogens (primary N) is 2. The van der Waals surface area contributed by atoms with Crippen LogP contribution < -0.4 is 26.3 Å². The highest BCUT2D eigenvalue weighted by Crippen LogP contribution is 2.19. The molecule has 7 heteroatoms. The van der Waals surface area contributed by atoms with Gasteiger partial charge in [0.15, 0.2) is 5.96 Å². The number of ether oxygens (including phenoxy) is 2. The van der Waals surface area contributed by atoms with Crippen molar-refractivity contribution in [2.24, 2.45) is 16.5 Å². The Bertz CT molecular complexity index is 1100. The van der Waals surface area contributed by atoms with Crippen molar-refractivity contribution in [3.63, 3.8) is 0 Å². The largest absolute Gasteiger partial charge is 0.494 e. The Hall–Kier alpha value is -4.18. The molecule has 0 radical (unpaired) electrons. The van der Waals surface area contributed by atoms with E-state index >= 15 is 0 Å². The molecule has 0 fully saturated rings. The Balaban J connectivity index is 1.54. The van der Waals surface area contributed by atoms with Crippen LogP contribution in [0.3, 0.4) is 0 Å². The SMILES string of the molecule is C#C/C=C(\C=C/C)CC(N=C(N)N)C(=O)NCCCCCCCCOc1ccc(OCc2ccccc2)cc1. The van der Waals surface area contributed by atoms with E-state index in [4.69, 9.17) is 27.4 Å². The van der Waals surface area contributed by atoms with Crippen molar-refractivity contribution < 1.29 is 14.3 Å². The minimum absolute atomic E-state index is 0.121. The monoisotopic (exact) mass is 530 g/mol. The van der Waals surface area contributed by atoms with Gasteiger partial charge in [0.25, 0.3) is 0 Å². The maximum absolute atomic E-state index is 12.6. The average Bonchev–Trinajstić information content (AvgIpc) is 2.93. The van der Waals surface area contributed by atoms with E-state index in [1.54, 1.807) is 6.08 Å². The van der Waals surface area contributed by atoms with Crippen molar-refractivity contribution in [3.8, 4) is 23.8 Å². The summed E-state index contributed by atoms with van der Waals surface area (Å²) < 4.78 is 11.7. The van der Waals surface area contributed by atoms with E-state index in [9.17, 15) is 4.79 Å². The van der Waals surface area contributed by atoms with Crippen molar-refractivity contribution in [2.45, 2.75) is 64.5 Å². The lowest BCUT2D eigenvalue weighted by Crippen LogP contribution is -2.37. The molecule has 5 N–H and O–H groups in total. The molecule has 0 aromatic heterocycles. The standard InChI is InChI=1S/C32H42N4O3/c1-3-14-26(15-4-2)24-30(36-32(33)34)31(37)35-22-12-7-5-6-8-13-23-38-28-18-20-29(21-19-28)39-25-27-16-10-9-11-17-27/h1,4,9-11,14-21,30H,5-8,12-13,22-25H2,2H3,(H,35,37)(H4,33,34,36)/b15-4-,26-14+. The fourth-order valence-electron chi connectivity index (χ4n) is 3.92. The average molecular weight is 531 g/mol. The van der Waals surface area contributed by atoms with Crippen molar-refractivity contribution in [1.29, 1.82) is 0 Å². The number of amides is 1. The molecule has 2 aromatic carbocycles. The minimum atomic E-state index is -0.705. The number of unbranched alkanes of at least 4 members (excludes halogenated alkanes) is 5. The summed E-state index contributed by atoms with van der Waals surface area (Å²) >= 11 is 0. The Labute approximate surface area is 233 Å². The lowest BCUT2D eigenvalue weighted by molar-refractivity contribution is -0.122. The zero-order chi connectivity index (χ0) is 28.1. The molecule has 1 amide bonds. The number of carbonyl (C=O) groups excluding carboxylic acids is 1.